The average Bonchev–Trinajstić information content (AvgIpc) is 1.46. The Labute approximate surface area is 33.7 Å². The zero-order valence-corrected chi connectivity index (χ0v) is 3.62. The Morgan fingerprint density at radius 3 is 1.00 bits per heavy atom. The molecular formula is C3H8S. The fourth-order valence-corrected chi connectivity index (χ4v) is 0. The molecule has 1 aliphatic carbocycles. The molecule has 0 radical (unpaired) electrons. The molecule has 0 aliphatic heterocycles. The minimum Gasteiger partial charge on any atom is -0.197 e. The van der Waals surface area contributed by atoms with Gasteiger partial charge in [0.15, 0.2) is 0 Å². The van der Waals surface area contributed by atoms with Crippen LogP contribution in [0.2, 0.25) is 0 Å². The van der Waals surface area contributed by atoms with Crippen LogP contribution in [-0.4, -0.2) is 0 Å². The van der Waals surface area contributed by atoms with E-state index in [1.54, 1.807) is 0 Å². The van der Waals surface area contributed by atoms with Crippen LogP contribution in [0.1, 0.15) is 19.3 Å². The van der Waals surface area contributed by atoms with Gasteiger partial charge in [0.05, 0.1) is 0 Å². The van der Waals surface area contributed by atoms with Crippen molar-refractivity contribution < 1.29 is 0 Å². The van der Waals surface area contributed by atoms with Crippen molar-refractivity contribution in [2.24, 2.45) is 0 Å². The van der Waals surface area contributed by atoms with E-state index in [9.17, 15) is 0 Å². The van der Waals surface area contributed by atoms with Crippen molar-refractivity contribution >= 4 is 13.5 Å². The van der Waals surface area contributed by atoms with E-state index in [0.29, 0.717) is 0 Å². The second-order valence-electron chi connectivity index (χ2n) is 1.06. The molecule has 0 aromatic carbocycles. The standard InChI is InChI=1S/C3H6.H2S/c1-2-3-1;/h1-3H2;1H2. The lowest BCUT2D eigenvalue weighted by molar-refractivity contribution is 1.50. The van der Waals surface area contributed by atoms with E-state index in [2.05, 4.69) is 0 Å². The van der Waals surface area contributed by atoms with Crippen LogP contribution in [0.4, 0.5) is 0 Å². The second kappa shape index (κ2) is 1.65. The summed E-state index contributed by atoms with van der Waals surface area (Å²) in [6.07, 6.45) is 4.50. The first-order chi connectivity index (χ1) is 1.50. The van der Waals surface area contributed by atoms with Gasteiger partial charge in [0.1, 0.15) is 0 Å². The third-order valence-corrected chi connectivity index (χ3v) is 0.354. The maximum Gasteiger partial charge on any atom is -0.0533 e. The fraction of sp³-hybridized carbons (Fsp3) is 1.00. The molecule has 0 aromatic rings. The summed E-state index contributed by atoms with van der Waals surface area (Å²) in [6.45, 7) is 0. The van der Waals surface area contributed by atoms with Gasteiger partial charge in [-0.15, -0.1) is 0 Å². The lowest BCUT2D eigenvalue weighted by Gasteiger charge is -1.05. The zero-order valence-electron chi connectivity index (χ0n) is 2.62. The van der Waals surface area contributed by atoms with Crippen LogP contribution in [0.25, 0.3) is 0 Å². The van der Waals surface area contributed by atoms with E-state index in [1.807, 2.05) is 0 Å². The normalized spacial score (nSPS) is 18.0. The molecule has 0 aromatic heterocycles. The van der Waals surface area contributed by atoms with Gasteiger partial charge >= 0.3 is 0 Å². The van der Waals surface area contributed by atoms with Crippen molar-refractivity contribution in [1.82, 2.24) is 0 Å². The quantitative estimate of drug-likeness (QED) is 0.408. The Bertz CT molecular complexity index is 8.00. The van der Waals surface area contributed by atoms with Gasteiger partial charge in [-0.25, -0.2) is 0 Å². The van der Waals surface area contributed by atoms with Crippen molar-refractivity contribution in [3.8, 4) is 0 Å². The molecule has 0 unspecified atom stereocenters. The summed E-state index contributed by atoms with van der Waals surface area (Å²) in [5.74, 6) is 0. The molecule has 0 spiro atoms. The molecule has 1 aliphatic rings. The molecule has 0 heterocycles. The maximum absolute atomic E-state index is 1.50. The highest BCUT2D eigenvalue weighted by Crippen LogP contribution is 2.14. The molecule has 1 fully saturated rings. The van der Waals surface area contributed by atoms with Gasteiger partial charge in [-0.1, -0.05) is 19.3 Å². The highest BCUT2D eigenvalue weighted by atomic mass is 32.1. The molecule has 0 atom stereocenters. The highest BCUT2D eigenvalue weighted by Gasteiger charge is 1.95. The van der Waals surface area contributed by atoms with Gasteiger partial charge < -0.3 is 0 Å². The fourth-order valence-electron chi connectivity index (χ4n) is 0. The predicted octanol–water partition coefficient (Wildman–Crippen LogP) is 1.28. The van der Waals surface area contributed by atoms with Gasteiger partial charge in [0, 0.05) is 0 Å². The Kier molecular flexibility index (Phi) is 1.79. The van der Waals surface area contributed by atoms with E-state index >= 15 is 0 Å². The number of hydrogen-bond acceptors (Lipinski definition) is 0. The molecule has 1 saturated carbocycles. The highest BCUT2D eigenvalue weighted by molar-refractivity contribution is 7.59. The van der Waals surface area contributed by atoms with Crippen LogP contribution in [0.5, 0.6) is 0 Å². The summed E-state index contributed by atoms with van der Waals surface area (Å²) in [6, 6.07) is 0. The Balaban J connectivity index is 0.0000000900. The molecular weight excluding hydrogens is 68.1 g/mol. The van der Waals surface area contributed by atoms with Crippen molar-refractivity contribution in [2.75, 3.05) is 0 Å². The van der Waals surface area contributed by atoms with Crippen molar-refractivity contribution in [2.45, 2.75) is 19.3 Å². The summed E-state index contributed by atoms with van der Waals surface area (Å²) in [5.41, 5.74) is 0. The van der Waals surface area contributed by atoms with Gasteiger partial charge in [0.2, 0.25) is 0 Å². The molecule has 1 rings (SSSR count). The predicted molar refractivity (Wildman–Crippen MR) is 24.2 cm³/mol. The monoisotopic (exact) mass is 76.0 g/mol. The lowest BCUT2D eigenvalue weighted by Crippen LogP contribution is -0.856. The Morgan fingerprint density at radius 2 is 1.00 bits per heavy atom. The molecule has 0 amide bonds. The van der Waals surface area contributed by atoms with Gasteiger partial charge in [-0.3, -0.25) is 0 Å². The van der Waals surface area contributed by atoms with Crippen molar-refractivity contribution in [1.29, 1.82) is 0 Å². The van der Waals surface area contributed by atoms with E-state index < -0.39 is 0 Å². The lowest BCUT2D eigenvalue weighted by atomic mass is 11.0. The maximum atomic E-state index is 1.50. The van der Waals surface area contributed by atoms with E-state index in [1.165, 1.54) is 19.3 Å². The smallest absolute Gasteiger partial charge is 0.0533 e. The average molecular weight is 76.2 g/mol. The number of hydrogen-bond donors (Lipinski definition) is 0. The molecule has 26 valence electrons. The van der Waals surface area contributed by atoms with Crippen molar-refractivity contribution in [3.63, 3.8) is 0 Å². The van der Waals surface area contributed by atoms with Crippen LogP contribution in [0, 0.1) is 0 Å². The summed E-state index contributed by atoms with van der Waals surface area (Å²) in [7, 11) is 0. The first kappa shape index (κ1) is 4.35. The minimum atomic E-state index is 0. The molecule has 0 saturated heterocycles. The zero-order chi connectivity index (χ0) is 2.12. The van der Waals surface area contributed by atoms with Gasteiger partial charge in [-0.05, 0) is 0 Å². The van der Waals surface area contributed by atoms with Crippen LogP contribution >= 0.6 is 13.5 Å². The van der Waals surface area contributed by atoms with E-state index in [-0.39, 0.29) is 13.5 Å². The third-order valence-electron chi connectivity index (χ3n) is 0.354. The van der Waals surface area contributed by atoms with Crippen molar-refractivity contribution in [3.05, 3.63) is 0 Å². The van der Waals surface area contributed by atoms with Crippen LogP contribution in [0.15, 0.2) is 0 Å². The first-order valence-electron chi connectivity index (χ1n) is 1.50. The van der Waals surface area contributed by atoms with Gasteiger partial charge in [0.25, 0.3) is 0 Å². The Morgan fingerprint density at radius 1 is 0.750 bits per heavy atom. The summed E-state index contributed by atoms with van der Waals surface area (Å²) in [5, 5.41) is 0. The number of rotatable bonds is 0. The summed E-state index contributed by atoms with van der Waals surface area (Å²) in [4.78, 5) is 0. The molecule has 1 heteroatoms. The van der Waals surface area contributed by atoms with E-state index in [0.717, 1.165) is 0 Å². The van der Waals surface area contributed by atoms with Crippen LogP contribution < -0.4 is 0 Å². The largest absolute Gasteiger partial charge is 0.197 e. The minimum absolute atomic E-state index is 0. The topological polar surface area (TPSA) is 0 Å². The second-order valence-corrected chi connectivity index (χ2v) is 1.06. The first-order valence-corrected chi connectivity index (χ1v) is 1.50. The third kappa shape index (κ3) is 2.35. The van der Waals surface area contributed by atoms with Crippen LogP contribution in [-0.2, 0) is 0 Å². The SMILES string of the molecule is C1CC1.S. The Hall–Kier alpha value is 0.350. The molecule has 4 heavy (non-hydrogen) atoms. The molecule has 0 nitrogen and oxygen atoms in total. The van der Waals surface area contributed by atoms with Crippen LogP contribution in [0.3, 0.4) is 0 Å². The summed E-state index contributed by atoms with van der Waals surface area (Å²) < 4.78 is 0. The van der Waals surface area contributed by atoms with E-state index in [4.69, 9.17) is 0 Å². The molecule has 0 bridgehead atoms. The van der Waals surface area contributed by atoms with Gasteiger partial charge in [-0.2, -0.15) is 13.5 Å². The summed E-state index contributed by atoms with van der Waals surface area (Å²) >= 11 is 0. The molecule has 0 N–H and O–H groups in total.